The van der Waals surface area contributed by atoms with Crippen LogP contribution in [-0.2, 0) is 48.7 Å². The summed E-state index contributed by atoms with van der Waals surface area (Å²) in [5, 5.41) is 3.13. The van der Waals surface area contributed by atoms with Gasteiger partial charge < -0.3 is 32.6 Å². The third-order valence-electron chi connectivity index (χ3n) is 11.6. The van der Waals surface area contributed by atoms with Crippen LogP contribution in [0.4, 0.5) is 26.3 Å². The molecule has 11 nitrogen and oxygen atoms in total. The number of alkyl halides is 6. The summed E-state index contributed by atoms with van der Waals surface area (Å²) >= 11 is 17.4. The van der Waals surface area contributed by atoms with Gasteiger partial charge in [-0.1, -0.05) is 35.3 Å². The van der Waals surface area contributed by atoms with Crippen molar-refractivity contribution in [2.45, 2.75) is 78.5 Å². The van der Waals surface area contributed by atoms with Gasteiger partial charge >= 0.3 is 33.7 Å². The molecule has 9 rings (SSSR count). The van der Waals surface area contributed by atoms with Gasteiger partial charge in [0.2, 0.25) is 11.8 Å². The van der Waals surface area contributed by atoms with Gasteiger partial charge in [0, 0.05) is 65.2 Å². The number of aryl methyl sites for hydroxylation is 1. The normalized spacial score (nSPS) is 15.5. The zero-order valence-corrected chi connectivity index (χ0v) is 42.2. The first-order valence-electron chi connectivity index (χ1n) is 21.7. The molecular weight excluding hydrogens is 1060 g/mol. The number of likely N-dealkylation sites (tertiary alicyclic amines) is 2. The molecule has 2 amide bonds. The largest absolute Gasteiger partial charge is 0.453 e. The van der Waals surface area contributed by atoms with Crippen molar-refractivity contribution in [3.63, 3.8) is 0 Å². The van der Waals surface area contributed by atoms with E-state index in [0.717, 1.165) is 43.4 Å². The van der Waals surface area contributed by atoms with Crippen molar-refractivity contribution in [1.29, 1.82) is 0 Å². The van der Waals surface area contributed by atoms with Gasteiger partial charge in [0.1, 0.15) is 13.1 Å². The standard InChI is InChI=1S/C21H18ClF3N2O2S.C20H15BrClF3N2O2S.C3H9B3O3/c1-12-9-27(10-17(28)26-6-2-3-7-26)20(29)18-14(11-30-19(12)18)13-4-5-16(22)15(8-13)21(23,24)25;21-14-8-27(9-16(28)26-5-1-2-6-26)19(29)17-12(10-30-18(14)17)11-3-4-15(22)13(7-11)20(23,24)25;1-4-7-5(2)9-6(3)8-4/h4-5,8-9,11H,2-3,6-7,10H2,1H3;3-4,7-8,10H,1-2,5-6,9H2;1-3H3. The number of thiophene rings is 2. The van der Waals surface area contributed by atoms with Crippen LogP contribution in [0.3, 0.4) is 0 Å². The lowest BCUT2D eigenvalue weighted by molar-refractivity contribution is -0.138. The van der Waals surface area contributed by atoms with Crippen molar-refractivity contribution < 1.29 is 49.6 Å². The Kier molecular flexibility index (Phi) is 16.6. The van der Waals surface area contributed by atoms with E-state index in [4.69, 9.17) is 36.9 Å². The van der Waals surface area contributed by atoms with E-state index >= 15 is 0 Å². The molecule has 3 saturated heterocycles. The molecule has 0 unspecified atom stereocenters. The number of pyridine rings is 2. The van der Waals surface area contributed by atoms with Gasteiger partial charge in [-0.25, -0.2) is 0 Å². The van der Waals surface area contributed by atoms with Crippen LogP contribution in [0.25, 0.3) is 42.4 Å². The maximum absolute atomic E-state index is 13.3. The Morgan fingerprint density at radius 3 is 1.43 bits per heavy atom. The lowest BCUT2D eigenvalue weighted by Crippen LogP contribution is -2.44. The summed E-state index contributed by atoms with van der Waals surface area (Å²) in [6, 6.07) is 7.21. The highest BCUT2D eigenvalue weighted by molar-refractivity contribution is 9.10. The fourth-order valence-electron chi connectivity index (χ4n) is 8.31. The SMILES string of the molecule is CB1OB(C)OB(C)O1.Cc1cn(CC(=O)N2CCCC2)c(=O)c2c(-c3ccc(Cl)c(C(F)(F)F)c3)csc12.O=C(Cn1cc(Br)c2scc(-c3ccc(Cl)c(C(F)(F)F)c3)c2c1=O)N1CCCC1. The number of nitrogens with zero attached hydrogens (tertiary/aromatic N) is 4. The highest BCUT2D eigenvalue weighted by Crippen LogP contribution is 2.42. The number of halogens is 9. The highest BCUT2D eigenvalue weighted by atomic mass is 79.9. The molecule has 2 aromatic carbocycles. The van der Waals surface area contributed by atoms with Crippen LogP contribution in [0.15, 0.2) is 73.6 Å². The molecule has 0 N–H and O–H groups in total. The Balaban J connectivity index is 0.000000173. The molecule has 0 spiro atoms. The number of hydrogen-bond acceptors (Lipinski definition) is 9. The predicted molar refractivity (Wildman–Crippen MR) is 265 cm³/mol. The van der Waals surface area contributed by atoms with E-state index in [1.165, 1.54) is 56.1 Å². The van der Waals surface area contributed by atoms with Crippen molar-refractivity contribution in [1.82, 2.24) is 18.9 Å². The first kappa shape index (κ1) is 52.7. The molecule has 3 aliphatic rings. The van der Waals surface area contributed by atoms with Crippen LogP contribution < -0.4 is 11.1 Å². The third kappa shape index (κ3) is 12.2. The topological polar surface area (TPSA) is 112 Å². The Morgan fingerprint density at radius 1 is 0.652 bits per heavy atom. The number of carbonyl (C=O) groups is 2. The van der Waals surface area contributed by atoms with E-state index < -0.39 is 39.1 Å². The molecule has 0 radical (unpaired) electrons. The first-order chi connectivity index (χ1) is 32.5. The van der Waals surface area contributed by atoms with Crippen LogP contribution in [0.1, 0.15) is 42.4 Å². The van der Waals surface area contributed by atoms with E-state index in [-0.39, 0.29) is 68.3 Å². The van der Waals surface area contributed by atoms with Gasteiger partial charge in [-0.05, 0) is 110 Å². The van der Waals surface area contributed by atoms with Crippen LogP contribution in [0.5, 0.6) is 0 Å². The quantitative estimate of drug-likeness (QED) is 0.121. The summed E-state index contributed by atoms with van der Waals surface area (Å²) in [7, 11) is -0.406. The molecule has 0 bridgehead atoms. The van der Waals surface area contributed by atoms with Crippen molar-refractivity contribution in [2.24, 2.45) is 0 Å². The van der Waals surface area contributed by atoms with Gasteiger partial charge in [0.25, 0.3) is 11.1 Å². The minimum Gasteiger partial charge on any atom is -0.453 e. The lowest BCUT2D eigenvalue weighted by Gasteiger charge is -2.25. The van der Waals surface area contributed by atoms with Gasteiger partial charge in [-0.2, -0.15) is 26.3 Å². The van der Waals surface area contributed by atoms with Crippen LogP contribution in [0, 0.1) is 6.92 Å². The molecule has 4 aromatic heterocycles. The van der Waals surface area contributed by atoms with E-state index in [9.17, 15) is 45.5 Å². The molecular formula is C44H42B3BrCl2F6N4O7S2. The van der Waals surface area contributed by atoms with E-state index in [1.807, 2.05) is 27.4 Å². The Morgan fingerprint density at radius 2 is 1.03 bits per heavy atom. The molecule has 364 valence electrons. The lowest BCUT2D eigenvalue weighted by atomic mass is 9.74. The van der Waals surface area contributed by atoms with Gasteiger partial charge in [0.15, 0.2) is 0 Å². The Bertz CT molecular complexity index is 2800. The van der Waals surface area contributed by atoms with Crippen molar-refractivity contribution >= 4 is 115 Å². The van der Waals surface area contributed by atoms with Crippen molar-refractivity contribution in [3.05, 3.63) is 111 Å². The fraction of sp³-hybridized carbons (Fsp3) is 0.364. The van der Waals surface area contributed by atoms with E-state index in [1.54, 1.807) is 33.0 Å². The van der Waals surface area contributed by atoms with Crippen LogP contribution in [0.2, 0.25) is 30.5 Å². The number of amides is 2. The molecule has 7 heterocycles. The summed E-state index contributed by atoms with van der Waals surface area (Å²) in [5.74, 6) is -0.278. The number of hydrogen-bond donors (Lipinski definition) is 0. The summed E-state index contributed by atoms with van der Waals surface area (Å²) in [6.07, 6.45) is -2.23. The Labute approximate surface area is 419 Å². The number of rotatable bonds is 6. The van der Waals surface area contributed by atoms with Crippen molar-refractivity contribution in [2.75, 3.05) is 26.2 Å². The fourth-order valence-corrected chi connectivity index (χ4v) is 11.5. The Hall–Kier alpha value is -4.09. The summed E-state index contributed by atoms with van der Waals surface area (Å²) in [5.41, 5.74) is -0.620. The minimum absolute atomic E-state index is 0.0840. The van der Waals surface area contributed by atoms with Crippen LogP contribution in [-0.4, -0.2) is 78.3 Å². The molecule has 6 aromatic rings. The molecule has 0 atom stereocenters. The van der Waals surface area contributed by atoms with Crippen molar-refractivity contribution in [3.8, 4) is 22.3 Å². The molecule has 69 heavy (non-hydrogen) atoms. The predicted octanol–water partition coefficient (Wildman–Crippen LogP) is 11.5. The molecule has 0 saturated carbocycles. The minimum atomic E-state index is -4.61. The monoisotopic (exact) mass is 1100 g/mol. The average molecular weight is 1100 g/mol. The second-order valence-electron chi connectivity index (χ2n) is 16.5. The molecule has 3 fully saturated rings. The maximum atomic E-state index is 13.3. The number of fused-ring (bicyclic) bond motifs is 2. The first-order valence-corrected chi connectivity index (χ1v) is 25.0. The number of benzene rings is 2. The number of aromatic nitrogens is 2. The van der Waals surface area contributed by atoms with Gasteiger partial charge in [-0.15, -0.1) is 22.7 Å². The maximum Gasteiger partial charge on any atom is 0.426 e. The summed E-state index contributed by atoms with van der Waals surface area (Å²) in [6.45, 7) is 9.91. The summed E-state index contributed by atoms with van der Waals surface area (Å²) in [4.78, 5) is 54.8. The molecule has 3 aliphatic heterocycles. The summed E-state index contributed by atoms with van der Waals surface area (Å²) < 4.78 is 99.7. The molecule has 25 heteroatoms. The highest BCUT2D eigenvalue weighted by Gasteiger charge is 2.35. The van der Waals surface area contributed by atoms with Gasteiger partial charge in [-0.3, -0.25) is 19.2 Å². The van der Waals surface area contributed by atoms with Gasteiger partial charge in [0.05, 0.1) is 41.1 Å². The van der Waals surface area contributed by atoms with Crippen LogP contribution >= 0.6 is 61.8 Å². The second kappa shape index (κ2) is 21.7. The zero-order valence-electron chi connectivity index (χ0n) is 37.4. The number of carbonyl (C=O) groups excluding carboxylic acids is 2. The van der Waals surface area contributed by atoms with E-state index in [2.05, 4.69) is 15.9 Å². The average Bonchev–Trinajstić information content (AvgIpc) is 4.12. The molecule has 0 aliphatic carbocycles. The van der Waals surface area contributed by atoms with E-state index in [0.29, 0.717) is 56.6 Å². The second-order valence-corrected chi connectivity index (χ2v) is 20.0. The zero-order chi connectivity index (χ0) is 50.1. The third-order valence-corrected chi connectivity index (χ3v) is 15.2. The smallest absolute Gasteiger partial charge is 0.426 e.